The van der Waals surface area contributed by atoms with E-state index in [0.717, 1.165) is 29.1 Å². The zero-order valence-electron chi connectivity index (χ0n) is 18.4. The van der Waals surface area contributed by atoms with Crippen molar-refractivity contribution in [2.45, 2.75) is 26.7 Å². The van der Waals surface area contributed by atoms with Crippen molar-refractivity contribution < 1.29 is 4.79 Å². The SMILES string of the molecule is CCc1ccc(-c2nn(-c3ccccc3C)cc2C(=O)NCCc2n[nH]c(=S)n2C)cc1. The molecule has 8 heteroatoms. The first-order valence-electron chi connectivity index (χ1n) is 10.6. The van der Waals surface area contributed by atoms with Crippen LogP contribution in [0.2, 0.25) is 0 Å². The minimum absolute atomic E-state index is 0.170. The van der Waals surface area contributed by atoms with Crippen molar-refractivity contribution in [2.75, 3.05) is 6.54 Å². The zero-order valence-corrected chi connectivity index (χ0v) is 19.2. The fourth-order valence-electron chi connectivity index (χ4n) is 3.58. The Bertz CT molecular complexity index is 1300. The molecule has 2 aromatic heterocycles. The number of para-hydroxylation sites is 1. The molecule has 0 atom stereocenters. The maximum Gasteiger partial charge on any atom is 0.255 e. The van der Waals surface area contributed by atoms with Crippen LogP contribution in [0, 0.1) is 11.7 Å². The summed E-state index contributed by atoms with van der Waals surface area (Å²) in [5, 5.41) is 14.8. The highest BCUT2D eigenvalue weighted by Gasteiger charge is 2.19. The Morgan fingerprint density at radius 2 is 1.91 bits per heavy atom. The number of carbonyl (C=O) groups is 1. The molecule has 1 amide bonds. The van der Waals surface area contributed by atoms with E-state index < -0.39 is 0 Å². The highest BCUT2D eigenvalue weighted by molar-refractivity contribution is 7.71. The smallest absolute Gasteiger partial charge is 0.255 e. The third-order valence-electron chi connectivity index (χ3n) is 5.56. The van der Waals surface area contributed by atoms with E-state index in [0.29, 0.717) is 29.0 Å². The summed E-state index contributed by atoms with van der Waals surface area (Å²) in [6.07, 6.45) is 3.33. The fourth-order valence-corrected chi connectivity index (χ4v) is 3.73. The van der Waals surface area contributed by atoms with E-state index in [4.69, 9.17) is 17.3 Å². The van der Waals surface area contributed by atoms with Crippen molar-refractivity contribution in [3.8, 4) is 16.9 Å². The van der Waals surface area contributed by atoms with Gasteiger partial charge in [0.15, 0.2) is 4.77 Å². The van der Waals surface area contributed by atoms with Gasteiger partial charge in [0.25, 0.3) is 5.91 Å². The predicted octanol–water partition coefficient (Wildman–Crippen LogP) is 4.17. The first-order chi connectivity index (χ1) is 15.5. The first kappa shape index (κ1) is 21.7. The van der Waals surface area contributed by atoms with Crippen LogP contribution < -0.4 is 5.32 Å². The number of nitrogens with zero attached hydrogens (tertiary/aromatic N) is 4. The van der Waals surface area contributed by atoms with Gasteiger partial charge in [-0.3, -0.25) is 9.89 Å². The van der Waals surface area contributed by atoms with Crippen LogP contribution in [0.4, 0.5) is 0 Å². The molecule has 164 valence electrons. The van der Waals surface area contributed by atoms with Crippen LogP contribution >= 0.6 is 12.2 Å². The Morgan fingerprint density at radius 3 is 2.56 bits per heavy atom. The monoisotopic (exact) mass is 446 g/mol. The first-order valence-corrected chi connectivity index (χ1v) is 11.0. The molecule has 0 aliphatic heterocycles. The summed E-state index contributed by atoms with van der Waals surface area (Å²) in [5.74, 6) is 0.623. The van der Waals surface area contributed by atoms with E-state index >= 15 is 0 Å². The molecule has 0 aliphatic carbocycles. The molecule has 0 aliphatic rings. The van der Waals surface area contributed by atoms with Gasteiger partial charge in [0.2, 0.25) is 0 Å². The lowest BCUT2D eigenvalue weighted by Crippen LogP contribution is -2.26. The maximum atomic E-state index is 13.2. The van der Waals surface area contributed by atoms with Crippen molar-refractivity contribution >= 4 is 18.1 Å². The van der Waals surface area contributed by atoms with Gasteiger partial charge in [-0.1, -0.05) is 49.4 Å². The second-order valence-corrected chi connectivity index (χ2v) is 8.07. The van der Waals surface area contributed by atoms with Crippen molar-refractivity contribution in [1.82, 2.24) is 29.9 Å². The fraction of sp³-hybridized carbons (Fsp3) is 0.250. The number of carbonyl (C=O) groups excluding carboxylic acids is 1. The number of H-pyrrole nitrogens is 1. The van der Waals surface area contributed by atoms with Gasteiger partial charge in [-0.2, -0.15) is 10.2 Å². The minimum Gasteiger partial charge on any atom is -0.351 e. The molecule has 7 nitrogen and oxygen atoms in total. The van der Waals surface area contributed by atoms with Crippen LogP contribution in [-0.4, -0.2) is 37.0 Å². The summed E-state index contributed by atoms with van der Waals surface area (Å²) >= 11 is 5.15. The van der Waals surface area contributed by atoms with Gasteiger partial charge in [-0.15, -0.1) is 0 Å². The average Bonchev–Trinajstić information content (AvgIpc) is 3.39. The molecule has 0 saturated carbocycles. The van der Waals surface area contributed by atoms with Gasteiger partial charge in [-0.25, -0.2) is 4.68 Å². The Labute approximate surface area is 192 Å². The van der Waals surface area contributed by atoms with Crippen molar-refractivity contribution in [3.63, 3.8) is 0 Å². The van der Waals surface area contributed by atoms with Crippen molar-refractivity contribution in [1.29, 1.82) is 0 Å². The summed E-state index contributed by atoms with van der Waals surface area (Å²) in [6.45, 7) is 4.59. The largest absolute Gasteiger partial charge is 0.351 e. The van der Waals surface area contributed by atoms with Crippen molar-refractivity contribution in [3.05, 3.63) is 82.0 Å². The van der Waals surface area contributed by atoms with Crippen LogP contribution in [0.1, 0.15) is 34.2 Å². The van der Waals surface area contributed by atoms with Crippen LogP contribution in [0.25, 0.3) is 16.9 Å². The molecule has 4 aromatic rings. The maximum absolute atomic E-state index is 13.2. The van der Waals surface area contributed by atoms with Crippen LogP contribution in [0.15, 0.2) is 54.7 Å². The Balaban J connectivity index is 1.63. The molecule has 4 rings (SSSR count). The van der Waals surface area contributed by atoms with E-state index in [1.807, 2.05) is 50.4 Å². The highest BCUT2D eigenvalue weighted by atomic mass is 32.1. The minimum atomic E-state index is -0.170. The predicted molar refractivity (Wildman–Crippen MR) is 128 cm³/mol. The molecule has 0 saturated heterocycles. The molecule has 2 aromatic carbocycles. The number of aromatic nitrogens is 5. The Hall–Kier alpha value is -3.52. The van der Waals surface area contributed by atoms with Crippen LogP contribution in [0.3, 0.4) is 0 Å². The second kappa shape index (κ2) is 9.32. The summed E-state index contributed by atoms with van der Waals surface area (Å²) in [7, 11) is 1.85. The zero-order chi connectivity index (χ0) is 22.7. The molecule has 0 bridgehead atoms. The lowest BCUT2D eigenvalue weighted by Gasteiger charge is -2.06. The number of aromatic amines is 1. The van der Waals surface area contributed by atoms with Gasteiger partial charge >= 0.3 is 0 Å². The third kappa shape index (κ3) is 4.40. The molecule has 0 fully saturated rings. The topological polar surface area (TPSA) is 80.5 Å². The highest BCUT2D eigenvalue weighted by Crippen LogP contribution is 2.25. The second-order valence-electron chi connectivity index (χ2n) is 7.68. The average molecular weight is 447 g/mol. The van der Waals surface area contributed by atoms with E-state index in [9.17, 15) is 4.79 Å². The number of amides is 1. The molecule has 2 heterocycles. The van der Waals surface area contributed by atoms with Crippen LogP contribution in [-0.2, 0) is 19.9 Å². The number of nitrogens with one attached hydrogen (secondary N) is 2. The van der Waals surface area contributed by atoms with E-state index in [1.54, 1.807) is 15.4 Å². The normalized spacial score (nSPS) is 11.0. The molecule has 2 N–H and O–H groups in total. The number of benzene rings is 2. The van der Waals surface area contributed by atoms with E-state index in [2.05, 4.69) is 34.6 Å². The molecule has 0 unspecified atom stereocenters. The standard InChI is InChI=1S/C24H26N6OS/c1-4-17-9-11-18(12-10-17)22-19(15-30(28-22)20-8-6-5-7-16(20)2)23(31)25-14-13-21-26-27-24(32)29(21)3/h5-12,15H,4,13-14H2,1-3H3,(H,25,31)(H,27,32). The Morgan fingerprint density at radius 1 is 1.16 bits per heavy atom. The van der Waals surface area contributed by atoms with Crippen molar-refractivity contribution in [2.24, 2.45) is 7.05 Å². The van der Waals surface area contributed by atoms with Gasteiger partial charge in [0, 0.05) is 31.8 Å². The summed E-state index contributed by atoms with van der Waals surface area (Å²) in [5.41, 5.74) is 5.37. The number of hydrogen-bond donors (Lipinski definition) is 2. The van der Waals surface area contributed by atoms with Gasteiger partial charge in [0.05, 0.1) is 11.3 Å². The lowest BCUT2D eigenvalue weighted by molar-refractivity contribution is 0.0954. The van der Waals surface area contributed by atoms with Crippen LogP contribution in [0.5, 0.6) is 0 Å². The number of aryl methyl sites for hydroxylation is 2. The van der Waals surface area contributed by atoms with Gasteiger partial charge in [-0.05, 0) is 42.8 Å². The summed E-state index contributed by atoms with van der Waals surface area (Å²) < 4.78 is 4.15. The molecule has 32 heavy (non-hydrogen) atoms. The van der Waals surface area contributed by atoms with E-state index in [-0.39, 0.29) is 5.91 Å². The quantitative estimate of drug-likeness (QED) is 0.418. The number of rotatable bonds is 7. The number of hydrogen-bond acceptors (Lipinski definition) is 4. The molecular formula is C24H26N6OS. The third-order valence-corrected chi connectivity index (χ3v) is 5.93. The summed E-state index contributed by atoms with van der Waals surface area (Å²) in [4.78, 5) is 13.2. The van der Waals surface area contributed by atoms with E-state index in [1.165, 1.54) is 5.56 Å². The summed E-state index contributed by atoms with van der Waals surface area (Å²) in [6, 6.07) is 16.2. The van der Waals surface area contributed by atoms with Gasteiger partial charge in [0.1, 0.15) is 11.5 Å². The molecule has 0 spiro atoms. The molecular weight excluding hydrogens is 420 g/mol. The molecule has 0 radical (unpaired) electrons. The van der Waals surface area contributed by atoms with Gasteiger partial charge < -0.3 is 9.88 Å². The Kier molecular flexibility index (Phi) is 6.32. The lowest BCUT2D eigenvalue weighted by atomic mass is 10.0.